The molecule has 166 valence electrons. The van der Waals surface area contributed by atoms with Gasteiger partial charge in [-0.05, 0) is 43.7 Å². The Morgan fingerprint density at radius 2 is 1.83 bits per heavy atom. The van der Waals surface area contributed by atoms with Gasteiger partial charge in [0.2, 0.25) is 5.91 Å². The molecule has 0 radical (unpaired) electrons. The molecule has 1 N–H and O–H groups in total. The van der Waals surface area contributed by atoms with Gasteiger partial charge in [-0.3, -0.25) is 9.69 Å². The first-order valence-corrected chi connectivity index (χ1v) is 10.4. The number of para-hydroxylation sites is 1. The Morgan fingerprint density at radius 3 is 2.47 bits per heavy atom. The first kappa shape index (κ1) is 22.6. The summed E-state index contributed by atoms with van der Waals surface area (Å²) in [5, 5.41) is 2.91. The van der Waals surface area contributed by atoms with Crippen molar-refractivity contribution in [3.05, 3.63) is 30.3 Å². The number of ether oxygens (including phenoxy) is 1. The lowest BCUT2D eigenvalue weighted by atomic mass is 9.86. The summed E-state index contributed by atoms with van der Waals surface area (Å²) in [6, 6.07) is 9.39. The maximum atomic E-state index is 13.3. The lowest BCUT2D eigenvalue weighted by Gasteiger charge is -2.39. The molecule has 1 aromatic carbocycles. The number of alkyl halides is 3. The van der Waals surface area contributed by atoms with Crippen LogP contribution in [0.25, 0.3) is 0 Å². The molecule has 2 aliphatic rings. The fraction of sp³-hybridized carbons (Fsp3) is 0.619. The van der Waals surface area contributed by atoms with Crippen molar-refractivity contribution < 1.29 is 27.5 Å². The SMILES string of the molecule is CC1CCC(N(C(=O)CN2CCNCC2OC(=O)C(F)(F)F)c2ccccc2)CC1. The van der Waals surface area contributed by atoms with Crippen molar-refractivity contribution in [2.24, 2.45) is 5.92 Å². The second kappa shape index (κ2) is 9.78. The van der Waals surface area contributed by atoms with E-state index in [-0.39, 0.29) is 25.0 Å². The van der Waals surface area contributed by atoms with Crippen LogP contribution in [0.4, 0.5) is 18.9 Å². The molecule has 1 amide bonds. The van der Waals surface area contributed by atoms with E-state index < -0.39 is 18.4 Å². The molecular weight excluding hydrogens is 399 g/mol. The second-order valence-electron chi connectivity index (χ2n) is 8.05. The molecule has 0 spiro atoms. The van der Waals surface area contributed by atoms with Crippen LogP contribution >= 0.6 is 0 Å². The van der Waals surface area contributed by atoms with Gasteiger partial charge in [0, 0.05) is 31.4 Å². The summed E-state index contributed by atoms with van der Waals surface area (Å²) >= 11 is 0. The summed E-state index contributed by atoms with van der Waals surface area (Å²) in [6.07, 6.45) is -2.38. The number of carbonyl (C=O) groups excluding carboxylic acids is 2. The molecule has 1 saturated carbocycles. The van der Waals surface area contributed by atoms with Crippen molar-refractivity contribution >= 4 is 17.6 Å². The molecule has 1 aliphatic heterocycles. The van der Waals surface area contributed by atoms with Crippen LogP contribution in [0, 0.1) is 5.92 Å². The van der Waals surface area contributed by atoms with Gasteiger partial charge in [-0.15, -0.1) is 0 Å². The quantitative estimate of drug-likeness (QED) is 0.733. The molecule has 6 nitrogen and oxygen atoms in total. The third kappa shape index (κ3) is 5.72. The van der Waals surface area contributed by atoms with Gasteiger partial charge >= 0.3 is 12.1 Å². The fourth-order valence-corrected chi connectivity index (χ4v) is 4.11. The highest BCUT2D eigenvalue weighted by Crippen LogP contribution is 2.30. The van der Waals surface area contributed by atoms with Crippen LogP contribution in [-0.4, -0.2) is 61.4 Å². The van der Waals surface area contributed by atoms with E-state index in [1.807, 2.05) is 30.3 Å². The minimum Gasteiger partial charge on any atom is -0.438 e. The van der Waals surface area contributed by atoms with Crippen molar-refractivity contribution in [2.45, 2.75) is 51.1 Å². The molecule has 1 aromatic rings. The average Bonchev–Trinajstić information content (AvgIpc) is 2.71. The van der Waals surface area contributed by atoms with Gasteiger partial charge in [-0.25, -0.2) is 4.79 Å². The predicted molar refractivity (Wildman–Crippen MR) is 106 cm³/mol. The van der Waals surface area contributed by atoms with Crippen molar-refractivity contribution in [1.29, 1.82) is 0 Å². The highest BCUT2D eigenvalue weighted by molar-refractivity contribution is 5.95. The highest BCUT2D eigenvalue weighted by Gasteiger charge is 2.44. The number of nitrogens with zero attached hydrogens (tertiary/aromatic N) is 2. The van der Waals surface area contributed by atoms with Crippen LogP contribution in [0.2, 0.25) is 0 Å². The van der Waals surface area contributed by atoms with E-state index in [2.05, 4.69) is 17.0 Å². The molecule has 1 saturated heterocycles. The number of nitrogens with one attached hydrogen (secondary N) is 1. The lowest BCUT2D eigenvalue weighted by molar-refractivity contribution is -0.213. The van der Waals surface area contributed by atoms with Crippen molar-refractivity contribution in [1.82, 2.24) is 10.2 Å². The fourth-order valence-electron chi connectivity index (χ4n) is 4.11. The molecule has 0 aromatic heterocycles. The van der Waals surface area contributed by atoms with Crippen molar-refractivity contribution in [3.8, 4) is 0 Å². The zero-order chi connectivity index (χ0) is 21.7. The Labute approximate surface area is 174 Å². The van der Waals surface area contributed by atoms with Crippen LogP contribution in [-0.2, 0) is 14.3 Å². The van der Waals surface area contributed by atoms with Crippen molar-refractivity contribution in [3.63, 3.8) is 0 Å². The Bertz CT molecular complexity index is 721. The monoisotopic (exact) mass is 427 g/mol. The molecule has 30 heavy (non-hydrogen) atoms. The number of hydrogen-bond acceptors (Lipinski definition) is 5. The maximum absolute atomic E-state index is 13.3. The Hall–Kier alpha value is -2.13. The number of anilines is 1. The standard InChI is InChI=1S/C21H28F3N3O3/c1-15-7-9-17(10-8-15)27(16-5-3-2-4-6-16)18(28)14-26-12-11-25-13-19(26)30-20(29)21(22,23)24/h2-6,15,17,19,25H,7-14H2,1H3. The van der Waals surface area contributed by atoms with E-state index in [4.69, 9.17) is 0 Å². The van der Waals surface area contributed by atoms with E-state index >= 15 is 0 Å². The Morgan fingerprint density at radius 1 is 1.17 bits per heavy atom. The number of benzene rings is 1. The topological polar surface area (TPSA) is 61.9 Å². The number of esters is 1. The van der Waals surface area contributed by atoms with E-state index in [1.165, 1.54) is 4.90 Å². The van der Waals surface area contributed by atoms with Gasteiger partial charge in [-0.1, -0.05) is 25.1 Å². The van der Waals surface area contributed by atoms with Crippen LogP contribution in [0.1, 0.15) is 32.6 Å². The van der Waals surface area contributed by atoms with Crippen LogP contribution < -0.4 is 10.2 Å². The Balaban J connectivity index is 1.74. The van der Waals surface area contributed by atoms with Gasteiger partial charge in [0.05, 0.1) is 6.54 Å². The number of rotatable bonds is 5. The molecule has 2 fully saturated rings. The third-order valence-corrected chi connectivity index (χ3v) is 5.77. The normalized spacial score (nSPS) is 25.5. The summed E-state index contributed by atoms with van der Waals surface area (Å²) in [4.78, 5) is 27.9. The number of amides is 1. The third-order valence-electron chi connectivity index (χ3n) is 5.77. The summed E-state index contributed by atoms with van der Waals surface area (Å²) < 4.78 is 42.5. The minimum atomic E-state index is -5.07. The molecule has 1 atom stereocenters. The van der Waals surface area contributed by atoms with Gasteiger partial charge in [-0.2, -0.15) is 13.2 Å². The second-order valence-corrected chi connectivity index (χ2v) is 8.05. The molecule has 0 bridgehead atoms. The van der Waals surface area contributed by atoms with Crippen LogP contribution in [0.3, 0.4) is 0 Å². The summed E-state index contributed by atoms with van der Waals surface area (Å²) in [5.74, 6) is -1.82. The van der Waals surface area contributed by atoms with Crippen LogP contribution in [0.15, 0.2) is 30.3 Å². The molecule has 9 heteroatoms. The average molecular weight is 427 g/mol. The molecular formula is C21H28F3N3O3. The maximum Gasteiger partial charge on any atom is 0.490 e. The minimum absolute atomic E-state index is 0.0430. The van der Waals surface area contributed by atoms with E-state index in [9.17, 15) is 22.8 Å². The number of piperazine rings is 1. The number of halogens is 3. The van der Waals surface area contributed by atoms with Crippen molar-refractivity contribution in [2.75, 3.05) is 31.1 Å². The highest BCUT2D eigenvalue weighted by atomic mass is 19.4. The first-order valence-electron chi connectivity index (χ1n) is 10.4. The van der Waals surface area contributed by atoms with Gasteiger partial charge in [0.25, 0.3) is 0 Å². The van der Waals surface area contributed by atoms with E-state index in [0.29, 0.717) is 19.0 Å². The van der Waals surface area contributed by atoms with Crippen LogP contribution in [0.5, 0.6) is 0 Å². The first-order chi connectivity index (χ1) is 14.3. The summed E-state index contributed by atoms with van der Waals surface area (Å²) in [6.45, 7) is 2.94. The van der Waals surface area contributed by atoms with Gasteiger partial charge in [0.1, 0.15) is 0 Å². The predicted octanol–water partition coefficient (Wildman–Crippen LogP) is 2.94. The Kier molecular flexibility index (Phi) is 7.36. The smallest absolute Gasteiger partial charge is 0.438 e. The molecule has 3 rings (SSSR count). The zero-order valence-corrected chi connectivity index (χ0v) is 17.0. The number of carbonyl (C=O) groups is 2. The summed E-state index contributed by atoms with van der Waals surface area (Å²) in [5.41, 5.74) is 0.779. The number of hydrogen-bond donors (Lipinski definition) is 1. The summed E-state index contributed by atoms with van der Waals surface area (Å²) in [7, 11) is 0. The zero-order valence-electron chi connectivity index (χ0n) is 17.0. The van der Waals surface area contributed by atoms with Gasteiger partial charge < -0.3 is 15.0 Å². The molecule has 1 unspecified atom stereocenters. The molecule has 1 heterocycles. The largest absolute Gasteiger partial charge is 0.490 e. The molecule has 1 aliphatic carbocycles. The lowest BCUT2D eigenvalue weighted by Crippen LogP contribution is -2.57. The van der Waals surface area contributed by atoms with E-state index in [0.717, 1.165) is 31.4 Å². The van der Waals surface area contributed by atoms with E-state index in [1.54, 1.807) is 4.90 Å². The van der Waals surface area contributed by atoms with Gasteiger partial charge in [0.15, 0.2) is 6.23 Å².